The highest BCUT2D eigenvalue weighted by Crippen LogP contribution is 2.37. The number of anilines is 3. The average Bonchev–Trinajstić information content (AvgIpc) is 2.87. The lowest BCUT2D eigenvalue weighted by atomic mass is 10.1. The van der Waals surface area contributed by atoms with E-state index in [4.69, 9.17) is 5.73 Å². The van der Waals surface area contributed by atoms with Crippen LogP contribution in [0.1, 0.15) is 11.1 Å². The van der Waals surface area contributed by atoms with E-state index in [9.17, 15) is 0 Å². The fourth-order valence-electron chi connectivity index (χ4n) is 2.75. The highest BCUT2D eigenvalue weighted by atomic mass is 15.1. The summed E-state index contributed by atoms with van der Waals surface area (Å²) < 4.78 is 0. The molecule has 0 unspecified atom stereocenters. The number of nitrogens with one attached hydrogen (secondary N) is 1. The molecule has 3 N–H and O–H groups in total. The molecule has 102 valence electrons. The topological polar surface area (TPSA) is 63.8 Å². The van der Waals surface area contributed by atoms with E-state index in [-0.39, 0.29) is 0 Å². The number of benzene rings is 2. The Hall–Kier alpha value is -2.88. The zero-order valence-electron chi connectivity index (χ0n) is 11.4. The summed E-state index contributed by atoms with van der Waals surface area (Å²) in [6.45, 7) is 0. The molecular weight excluding hydrogens is 260 g/mol. The number of nitrogens with zero attached hydrogens (tertiary/aromatic N) is 2. The van der Waals surface area contributed by atoms with Crippen molar-refractivity contribution in [3.05, 3.63) is 66.0 Å². The molecule has 4 heteroatoms. The second-order valence-corrected chi connectivity index (χ2v) is 5.17. The van der Waals surface area contributed by atoms with Gasteiger partial charge in [-0.1, -0.05) is 30.3 Å². The molecule has 4 nitrogen and oxygen atoms in total. The zero-order valence-corrected chi connectivity index (χ0v) is 11.4. The summed E-state index contributed by atoms with van der Waals surface area (Å²) in [5.41, 5.74) is 12.5. The van der Waals surface area contributed by atoms with Gasteiger partial charge in [-0.25, -0.2) is 9.97 Å². The molecule has 0 spiro atoms. The molecule has 0 saturated carbocycles. The summed E-state index contributed by atoms with van der Waals surface area (Å²) in [4.78, 5) is 8.32. The van der Waals surface area contributed by atoms with Crippen LogP contribution in [-0.4, -0.2) is 9.97 Å². The maximum absolute atomic E-state index is 5.59. The van der Waals surface area contributed by atoms with E-state index in [1.165, 1.54) is 22.3 Å². The molecule has 0 bridgehead atoms. The van der Waals surface area contributed by atoms with E-state index in [1.54, 1.807) is 12.4 Å². The first-order valence-electron chi connectivity index (χ1n) is 6.85. The Morgan fingerprint density at radius 1 is 0.905 bits per heavy atom. The molecule has 0 atom stereocenters. The Bertz CT molecular complexity index is 809. The molecule has 1 heterocycles. The summed E-state index contributed by atoms with van der Waals surface area (Å²) in [7, 11) is 0. The maximum atomic E-state index is 5.59. The molecule has 0 radical (unpaired) electrons. The molecule has 2 aromatic carbocycles. The minimum Gasteiger partial charge on any atom is -0.396 e. The number of nitrogen functional groups attached to an aromatic ring is 1. The van der Waals surface area contributed by atoms with Crippen LogP contribution in [0.2, 0.25) is 0 Å². The number of aromatic nitrogens is 2. The lowest BCUT2D eigenvalue weighted by molar-refractivity contribution is 1.17. The number of hydrogen-bond donors (Lipinski definition) is 2. The van der Waals surface area contributed by atoms with Gasteiger partial charge in [0.15, 0.2) is 0 Å². The van der Waals surface area contributed by atoms with Crippen molar-refractivity contribution in [3.63, 3.8) is 0 Å². The van der Waals surface area contributed by atoms with Crippen LogP contribution >= 0.6 is 0 Å². The van der Waals surface area contributed by atoms with Gasteiger partial charge in [-0.05, 0) is 40.8 Å². The van der Waals surface area contributed by atoms with Gasteiger partial charge in [0.05, 0.1) is 18.1 Å². The third-order valence-electron chi connectivity index (χ3n) is 3.72. The first-order valence-corrected chi connectivity index (χ1v) is 6.85. The summed E-state index contributed by atoms with van der Waals surface area (Å²) in [5.74, 6) is 0.555. The summed E-state index contributed by atoms with van der Waals surface area (Å²) in [5, 5.41) is 3.21. The lowest BCUT2D eigenvalue weighted by Gasteiger charge is -2.07. The first kappa shape index (κ1) is 11.9. The van der Waals surface area contributed by atoms with Gasteiger partial charge < -0.3 is 11.1 Å². The third kappa shape index (κ3) is 2.10. The van der Waals surface area contributed by atoms with Gasteiger partial charge in [0.25, 0.3) is 0 Å². The highest BCUT2D eigenvalue weighted by Gasteiger charge is 2.17. The maximum Gasteiger partial charge on any atom is 0.227 e. The van der Waals surface area contributed by atoms with Crippen LogP contribution in [0.4, 0.5) is 17.3 Å². The van der Waals surface area contributed by atoms with Crippen LogP contribution < -0.4 is 11.1 Å². The second-order valence-electron chi connectivity index (χ2n) is 5.17. The normalized spacial score (nSPS) is 11.8. The predicted octanol–water partition coefficient (Wildman–Crippen LogP) is 3.37. The quantitative estimate of drug-likeness (QED) is 0.588. The molecule has 0 aliphatic heterocycles. The second kappa shape index (κ2) is 4.59. The average molecular weight is 274 g/mol. The summed E-state index contributed by atoms with van der Waals surface area (Å²) in [6.07, 6.45) is 4.17. The largest absolute Gasteiger partial charge is 0.396 e. The van der Waals surface area contributed by atoms with Crippen molar-refractivity contribution >= 4 is 17.3 Å². The van der Waals surface area contributed by atoms with Crippen molar-refractivity contribution < 1.29 is 0 Å². The standard InChI is InChI=1S/C17H14N4/c18-13-9-19-17(20-10-13)21-14-5-6-16-12(8-14)7-11-3-1-2-4-15(11)16/h1-6,8-10H,7,18H2,(H,19,20,21). The summed E-state index contributed by atoms with van der Waals surface area (Å²) >= 11 is 0. The molecule has 4 rings (SSSR count). The van der Waals surface area contributed by atoms with E-state index in [1.807, 2.05) is 0 Å². The van der Waals surface area contributed by atoms with Crippen LogP contribution in [0.5, 0.6) is 0 Å². The van der Waals surface area contributed by atoms with E-state index in [2.05, 4.69) is 57.7 Å². The van der Waals surface area contributed by atoms with E-state index < -0.39 is 0 Å². The zero-order chi connectivity index (χ0) is 14.2. The number of hydrogen-bond acceptors (Lipinski definition) is 4. The molecule has 0 fully saturated rings. The van der Waals surface area contributed by atoms with Gasteiger partial charge in [-0.15, -0.1) is 0 Å². The van der Waals surface area contributed by atoms with Crippen molar-refractivity contribution in [3.8, 4) is 11.1 Å². The minimum atomic E-state index is 0.555. The van der Waals surface area contributed by atoms with Crippen LogP contribution in [0.15, 0.2) is 54.9 Å². The van der Waals surface area contributed by atoms with Gasteiger partial charge in [0.1, 0.15) is 0 Å². The lowest BCUT2D eigenvalue weighted by Crippen LogP contribution is -1.98. The van der Waals surface area contributed by atoms with Crippen molar-refractivity contribution in [1.82, 2.24) is 9.97 Å². The smallest absolute Gasteiger partial charge is 0.227 e. The molecule has 21 heavy (non-hydrogen) atoms. The monoisotopic (exact) mass is 274 g/mol. The Balaban J connectivity index is 1.65. The van der Waals surface area contributed by atoms with Gasteiger partial charge >= 0.3 is 0 Å². The molecule has 0 saturated heterocycles. The summed E-state index contributed by atoms with van der Waals surface area (Å²) in [6, 6.07) is 14.9. The Kier molecular flexibility index (Phi) is 2.60. The molecule has 1 aliphatic rings. The molecule has 1 aromatic heterocycles. The fourth-order valence-corrected chi connectivity index (χ4v) is 2.75. The molecule has 3 aromatic rings. The fraction of sp³-hybridized carbons (Fsp3) is 0.0588. The van der Waals surface area contributed by atoms with Crippen LogP contribution in [0.25, 0.3) is 11.1 Å². The van der Waals surface area contributed by atoms with Crippen LogP contribution in [0.3, 0.4) is 0 Å². The number of rotatable bonds is 2. The first-order chi connectivity index (χ1) is 10.3. The molecular formula is C17H14N4. The van der Waals surface area contributed by atoms with Crippen molar-refractivity contribution in [2.75, 3.05) is 11.1 Å². The van der Waals surface area contributed by atoms with E-state index in [0.29, 0.717) is 11.6 Å². The number of fused-ring (bicyclic) bond motifs is 3. The van der Waals surface area contributed by atoms with Gasteiger partial charge in [0, 0.05) is 5.69 Å². The Labute approximate surface area is 122 Å². The predicted molar refractivity (Wildman–Crippen MR) is 84.4 cm³/mol. The number of nitrogens with two attached hydrogens (primary N) is 1. The third-order valence-corrected chi connectivity index (χ3v) is 3.72. The van der Waals surface area contributed by atoms with E-state index >= 15 is 0 Å². The molecule has 1 aliphatic carbocycles. The van der Waals surface area contributed by atoms with Gasteiger partial charge in [-0.2, -0.15) is 0 Å². The Morgan fingerprint density at radius 3 is 2.52 bits per heavy atom. The Morgan fingerprint density at radius 2 is 1.67 bits per heavy atom. The minimum absolute atomic E-state index is 0.555. The van der Waals surface area contributed by atoms with Crippen molar-refractivity contribution in [2.24, 2.45) is 0 Å². The van der Waals surface area contributed by atoms with E-state index in [0.717, 1.165) is 12.1 Å². The van der Waals surface area contributed by atoms with Gasteiger partial charge in [0.2, 0.25) is 5.95 Å². The van der Waals surface area contributed by atoms with Crippen molar-refractivity contribution in [1.29, 1.82) is 0 Å². The van der Waals surface area contributed by atoms with Crippen LogP contribution in [0, 0.1) is 0 Å². The molecule has 0 amide bonds. The van der Waals surface area contributed by atoms with Gasteiger partial charge in [-0.3, -0.25) is 0 Å². The highest BCUT2D eigenvalue weighted by molar-refractivity contribution is 5.79. The van der Waals surface area contributed by atoms with Crippen LogP contribution in [-0.2, 0) is 6.42 Å². The SMILES string of the molecule is Nc1cnc(Nc2ccc3c(c2)Cc2ccccc2-3)nc1. The van der Waals surface area contributed by atoms with Crippen molar-refractivity contribution in [2.45, 2.75) is 6.42 Å².